The first-order valence-corrected chi connectivity index (χ1v) is 7.99. The molecule has 0 bridgehead atoms. The summed E-state index contributed by atoms with van der Waals surface area (Å²) < 4.78 is 12.0. The lowest BCUT2D eigenvalue weighted by molar-refractivity contribution is 0.199. The van der Waals surface area contributed by atoms with Gasteiger partial charge in [-0.1, -0.05) is 12.7 Å². The van der Waals surface area contributed by atoms with Gasteiger partial charge in [-0.2, -0.15) is 0 Å². The molecule has 1 aromatic carbocycles. The van der Waals surface area contributed by atoms with Gasteiger partial charge in [-0.05, 0) is 40.5 Å². The van der Waals surface area contributed by atoms with Gasteiger partial charge in [0, 0.05) is 32.2 Å². The molecule has 0 aromatic heterocycles. The molecule has 5 heteroatoms. The summed E-state index contributed by atoms with van der Waals surface area (Å²) in [6, 6.07) is 4.70. The number of benzene rings is 1. The van der Waals surface area contributed by atoms with Crippen molar-refractivity contribution < 1.29 is 9.47 Å². The lowest BCUT2D eigenvalue weighted by Gasteiger charge is -2.32. The third-order valence-electron chi connectivity index (χ3n) is 3.49. The molecule has 21 heavy (non-hydrogen) atoms. The quantitative estimate of drug-likeness (QED) is 0.796. The van der Waals surface area contributed by atoms with Crippen LogP contribution in [0.3, 0.4) is 0 Å². The second-order valence-corrected chi connectivity index (χ2v) is 6.15. The number of piperazine rings is 1. The highest BCUT2D eigenvalue weighted by molar-refractivity contribution is 9.10. The van der Waals surface area contributed by atoms with E-state index in [2.05, 4.69) is 51.8 Å². The molecule has 1 atom stereocenters. The summed E-state index contributed by atoms with van der Waals surface area (Å²) in [4.78, 5) is 2.45. The van der Waals surface area contributed by atoms with Gasteiger partial charge in [-0.25, -0.2) is 0 Å². The van der Waals surface area contributed by atoms with Gasteiger partial charge in [0.25, 0.3) is 0 Å². The largest absolute Gasteiger partial charge is 0.493 e. The molecule has 0 radical (unpaired) electrons. The molecule has 0 spiro atoms. The Morgan fingerprint density at radius 2 is 2.33 bits per heavy atom. The number of hydrogen-bond acceptors (Lipinski definition) is 4. The summed E-state index contributed by atoms with van der Waals surface area (Å²) in [6.07, 6.45) is 1.72. The summed E-state index contributed by atoms with van der Waals surface area (Å²) in [5.41, 5.74) is 1.22. The van der Waals surface area contributed by atoms with Crippen LogP contribution in [0.1, 0.15) is 12.5 Å². The zero-order valence-corrected chi connectivity index (χ0v) is 14.3. The van der Waals surface area contributed by atoms with Crippen LogP contribution in [-0.4, -0.2) is 44.3 Å². The Kier molecular flexibility index (Phi) is 6.08. The summed E-state index contributed by atoms with van der Waals surface area (Å²) in [6.45, 7) is 10.4. The Bertz CT molecular complexity index is 493. The molecule has 2 rings (SSSR count). The molecule has 0 unspecified atom stereocenters. The van der Waals surface area contributed by atoms with Crippen LogP contribution in [0.4, 0.5) is 0 Å². The second kappa shape index (κ2) is 7.82. The SMILES string of the molecule is C=CCOc1c(Br)cc(CN2CCN[C@@H](C)C2)cc1OC. The number of nitrogens with one attached hydrogen (secondary N) is 1. The van der Waals surface area contributed by atoms with Gasteiger partial charge >= 0.3 is 0 Å². The predicted molar refractivity (Wildman–Crippen MR) is 89.1 cm³/mol. The van der Waals surface area contributed by atoms with Crippen molar-refractivity contribution in [3.8, 4) is 11.5 Å². The van der Waals surface area contributed by atoms with E-state index >= 15 is 0 Å². The van der Waals surface area contributed by atoms with Crippen molar-refractivity contribution in [3.05, 3.63) is 34.8 Å². The molecular formula is C16H23BrN2O2. The first-order chi connectivity index (χ1) is 10.1. The van der Waals surface area contributed by atoms with Gasteiger partial charge < -0.3 is 14.8 Å². The van der Waals surface area contributed by atoms with Gasteiger partial charge in [-0.3, -0.25) is 4.90 Å². The van der Waals surface area contributed by atoms with Gasteiger partial charge in [0.2, 0.25) is 0 Å². The fourth-order valence-corrected chi connectivity index (χ4v) is 3.16. The van der Waals surface area contributed by atoms with Crippen molar-refractivity contribution in [2.75, 3.05) is 33.4 Å². The van der Waals surface area contributed by atoms with Crippen molar-refractivity contribution in [3.63, 3.8) is 0 Å². The maximum atomic E-state index is 5.66. The molecule has 4 nitrogen and oxygen atoms in total. The number of nitrogens with zero attached hydrogens (tertiary/aromatic N) is 1. The molecule has 0 amide bonds. The van der Waals surface area contributed by atoms with Crippen molar-refractivity contribution >= 4 is 15.9 Å². The van der Waals surface area contributed by atoms with E-state index in [0.29, 0.717) is 12.6 Å². The first-order valence-electron chi connectivity index (χ1n) is 7.20. The average molecular weight is 355 g/mol. The summed E-state index contributed by atoms with van der Waals surface area (Å²) >= 11 is 3.58. The fraction of sp³-hybridized carbons (Fsp3) is 0.500. The molecule has 1 fully saturated rings. The second-order valence-electron chi connectivity index (χ2n) is 5.30. The van der Waals surface area contributed by atoms with Crippen LogP contribution in [0.5, 0.6) is 11.5 Å². The maximum Gasteiger partial charge on any atom is 0.175 e. The zero-order chi connectivity index (χ0) is 15.2. The van der Waals surface area contributed by atoms with E-state index in [-0.39, 0.29) is 0 Å². The van der Waals surface area contributed by atoms with E-state index in [1.807, 2.05) is 0 Å². The lowest BCUT2D eigenvalue weighted by atomic mass is 10.1. The topological polar surface area (TPSA) is 33.7 Å². The Labute approximate surface area is 135 Å². The summed E-state index contributed by atoms with van der Waals surface area (Å²) in [5.74, 6) is 1.49. The van der Waals surface area contributed by atoms with Crippen LogP contribution in [0.25, 0.3) is 0 Å². The van der Waals surface area contributed by atoms with Crippen molar-refractivity contribution in [1.82, 2.24) is 10.2 Å². The van der Waals surface area contributed by atoms with Crippen LogP contribution >= 0.6 is 15.9 Å². The molecule has 116 valence electrons. The van der Waals surface area contributed by atoms with Crippen LogP contribution in [0, 0.1) is 0 Å². The molecule has 0 saturated carbocycles. The smallest absolute Gasteiger partial charge is 0.175 e. The van der Waals surface area contributed by atoms with Crippen LogP contribution in [0.2, 0.25) is 0 Å². The van der Waals surface area contributed by atoms with E-state index in [1.165, 1.54) is 5.56 Å². The van der Waals surface area contributed by atoms with Gasteiger partial charge in [0.1, 0.15) is 6.61 Å². The fourth-order valence-electron chi connectivity index (χ4n) is 2.56. The van der Waals surface area contributed by atoms with Crippen molar-refractivity contribution in [1.29, 1.82) is 0 Å². The van der Waals surface area contributed by atoms with Crippen LogP contribution in [-0.2, 0) is 6.54 Å². The van der Waals surface area contributed by atoms with Crippen molar-refractivity contribution in [2.45, 2.75) is 19.5 Å². The van der Waals surface area contributed by atoms with E-state index in [4.69, 9.17) is 9.47 Å². The number of ether oxygens (including phenoxy) is 2. The van der Waals surface area contributed by atoms with Gasteiger partial charge in [0.15, 0.2) is 11.5 Å². The minimum atomic E-state index is 0.462. The lowest BCUT2D eigenvalue weighted by Crippen LogP contribution is -2.48. The number of rotatable bonds is 6. The normalized spacial score (nSPS) is 19.3. The van der Waals surface area contributed by atoms with Gasteiger partial charge in [-0.15, -0.1) is 0 Å². The van der Waals surface area contributed by atoms with E-state index in [0.717, 1.165) is 42.2 Å². The molecule has 1 aliphatic heterocycles. The Balaban J connectivity index is 2.13. The van der Waals surface area contributed by atoms with Gasteiger partial charge in [0.05, 0.1) is 11.6 Å². The minimum Gasteiger partial charge on any atom is -0.493 e. The molecule has 1 aliphatic rings. The third kappa shape index (κ3) is 4.46. The van der Waals surface area contributed by atoms with E-state index < -0.39 is 0 Å². The molecule has 1 N–H and O–H groups in total. The number of halogens is 1. The van der Waals surface area contributed by atoms with Crippen LogP contribution in [0.15, 0.2) is 29.3 Å². The Morgan fingerprint density at radius 1 is 1.52 bits per heavy atom. The zero-order valence-electron chi connectivity index (χ0n) is 12.7. The monoisotopic (exact) mass is 354 g/mol. The third-order valence-corrected chi connectivity index (χ3v) is 4.08. The molecule has 1 saturated heterocycles. The molecule has 1 aromatic rings. The molecule has 0 aliphatic carbocycles. The van der Waals surface area contributed by atoms with E-state index in [9.17, 15) is 0 Å². The Morgan fingerprint density at radius 3 is 3.00 bits per heavy atom. The standard InChI is InChI=1S/C16H23BrN2O2/c1-4-7-21-16-14(17)8-13(9-15(16)20-3)11-19-6-5-18-12(2)10-19/h4,8-9,12,18H,1,5-7,10-11H2,2-3H3/t12-/m0/s1. The summed E-state index contributed by atoms with van der Waals surface area (Å²) in [5, 5.41) is 3.46. The Hall–Kier alpha value is -1.04. The highest BCUT2D eigenvalue weighted by Crippen LogP contribution is 2.37. The number of methoxy groups -OCH3 is 1. The minimum absolute atomic E-state index is 0.462. The summed E-state index contributed by atoms with van der Waals surface area (Å²) in [7, 11) is 1.67. The van der Waals surface area contributed by atoms with E-state index in [1.54, 1.807) is 13.2 Å². The predicted octanol–water partition coefficient (Wildman–Crippen LogP) is 2.82. The molecular weight excluding hydrogens is 332 g/mol. The highest BCUT2D eigenvalue weighted by Gasteiger charge is 2.17. The molecule has 1 heterocycles. The van der Waals surface area contributed by atoms with Crippen LogP contribution < -0.4 is 14.8 Å². The average Bonchev–Trinajstić information content (AvgIpc) is 2.45. The number of hydrogen-bond donors (Lipinski definition) is 1. The highest BCUT2D eigenvalue weighted by atomic mass is 79.9. The first kappa shape index (κ1) is 16.3. The maximum absolute atomic E-state index is 5.66. The van der Waals surface area contributed by atoms with Crippen molar-refractivity contribution in [2.24, 2.45) is 0 Å².